The van der Waals surface area contributed by atoms with Gasteiger partial charge in [0.2, 0.25) is 0 Å². The predicted molar refractivity (Wildman–Crippen MR) is 106 cm³/mol. The number of carbonyl (C=O) groups is 1. The van der Waals surface area contributed by atoms with E-state index >= 15 is 0 Å². The lowest BCUT2D eigenvalue weighted by Crippen LogP contribution is -2.45. The second kappa shape index (κ2) is 8.41. The van der Waals surface area contributed by atoms with Crippen molar-refractivity contribution in [3.63, 3.8) is 0 Å². The monoisotopic (exact) mass is 361 g/mol. The number of hydrogen-bond donors (Lipinski definition) is 1. The molecule has 138 valence electrons. The highest BCUT2D eigenvalue weighted by atomic mass is 32.2. The van der Waals surface area contributed by atoms with Crippen LogP contribution in [0, 0.1) is 17.8 Å². The zero-order valence-corrected chi connectivity index (χ0v) is 16.8. The number of nitrogens with one attached hydrogen (secondary N) is 1. The van der Waals surface area contributed by atoms with E-state index in [4.69, 9.17) is 0 Å². The number of ketones is 1. The minimum Gasteiger partial charge on any atom is -0.299 e. The molecule has 0 unspecified atom stereocenters. The van der Waals surface area contributed by atoms with Gasteiger partial charge in [-0.05, 0) is 44.6 Å². The molecule has 4 atom stereocenters. The van der Waals surface area contributed by atoms with E-state index in [1.807, 2.05) is 63.3 Å². The van der Waals surface area contributed by atoms with Gasteiger partial charge in [0.25, 0.3) is 0 Å². The van der Waals surface area contributed by atoms with Crippen molar-refractivity contribution in [2.45, 2.75) is 58.2 Å². The fourth-order valence-corrected chi connectivity index (χ4v) is 4.25. The number of benzene rings is 1. The lowest BCUT2D eigenvalue weighted by molar-refractivity contribution is -0.121. The van der Waals surface area contributed by atoms with Crippen LogP contribution in [0.3, 0.4) is 0 Å². The fraction of sp³-hybridized carbons (Fsp3) is 0.571. The quantitative estimate of drug-likeness (QED) is 0.818. The van der Waals surface area contributed by atoms with Crippen molar-refractivity contribution in [3.8, 4) is 0 Å². The molecular weight excluding hydrogens is 330 g/mol. The van der Waals surface area contributed by atoms with Gasteiger partial charge >= 0.3 is 0 Å². The van der Waals surface area contributed by atoms with E-state index in [9.17, 15) is 9.00 Å². The summed E-state index contributed by atoms with van der Waals surface area (Å²) in [5.41, 5.74) is 1.09. The van der Waals surface area contributed by atoms with Gasteiger partial charge in [-0.25, -0.2) is 8.93 Å². The van der Waals surface area contributed by atoms with Crippen LogP contribution in [0.2, 0.25) is 0 Å². The molecule has 0 amide bonds. The van der Waals surface area contributed by atoms with Crippen LogP contribution in [0.4, 0.5) is 0 Å². The maximum Gasteiger partial charge on any atom is 0.138 e. The van der Waals surface area contributed by atoms with Crippen LogP contribution in [0.15, 0.2) is 36.4 Å². The molecule has 0 spiro atoms. The van der Waals surface area contributed by atoms with Gasteiger partial charge in [-0.15, -0.1) is 0 Å². The SMILES string of the molecule is CC(C)[C@@H]1CCC(=O)[C@H]1[C@@H](/C=C/c1ccccc1)N[S@](=O)C(C)(C)C. The van der Waals surface area contributed by atoms with Crippen molar-refractivity contribution in [2.75, 3.05) is 0 Å². The number of Topliss-reactive ketones (excluding diaryl/α,β-unsaturated/α-hetero) is 1. The minimum absolute atomic E-state index is 0.105. The Labute approximate surface area is 154 Å². The first-order chi connectivity index (χ1) is 11.7. The summed E-state index contributed by atoms with van der Waals surface area (Å²) in [4.78, 5) is 12.6. The summed E-state index contributed by atoms with van der Waals surface area (Å²) in [7, 11) is -1.22. The van der Waals surface area contributed by atoms with Crippen LogP contribution in [0.5, 0.6) is 0 Å². The zero-order valence-electron chi connectivity index (χ0n) is 16.0. The Hall–Kier alpha value is -1.26. The molecule has 0 aliphatic heterocycles. The van der Waals surface area contributed by atoms with Crippen molar-refractivity contribution in [1.29, 1.82) is 0 Å². The molecule has 1 aromatic rings. The van der Waals surface area contributed by atoms with Crippen LogP contribution in [-0.4, -0.2) is 20.8 Å². The van der Waals surface area contributed by atoms with Crippen molar-refractivity contribution >= 4 is 22.8 Å². The molecule has 3 nitrogen and oxygen atoms in total. The van der Waals surface area contributed by atoms with E-state index in [0.717, 1.165) is 12.0 Å². The average molecular weight is 362 g/mol. The Morgan fingerprint density at radius 2 is 1.84 bits per heavy atom. The Morgan fingerprint density at radius 1 is 1.20 bits per heavy atom. The molecule has 1 N–H and O–H groups in total. The molecule has 1 fully saturated rings. The van der Waals surface area contributed by atoms with Gasteiger partial charge in [0.1, 0.15) is 5.78 Å². The highest BCUT2D eigenvalue weighted by Crippen LogP contribution is 2.37. The standard InChI is InChI=1S/C21H31NO2S/c1-15(2)17-12-14-19(23)20(17)18(22-25(24)21(3,4)5)13-11-16-9-7-6-8-10-16/h6-11,13,15,17-18,20,22H,12,14H2,1-5H3/b13-11+/t17-,18+,20+,25+/m0/s1. The van der Waals surface area contributed by atoms with Crippen LogP contribution in [-0.2, 0) is 15.8 Å². The highest BCUT2D eigenvalue weighted by Gasteiger charge is 2.41. The first-order valence-corrected chi connectivity index (χ1v) is 10.3. The smallest absolute Gasteiger partial charge is 0.138 e. The highest BCUT2D eigenvalue weighted by molar-refractivity contribution is 7.84. The summed E-state index contributed by atoms with van der Waals surface area (Å²) in [6.07, 6.45) is 5.62. The van der Waals surface area contributed by atoms with Gasteiger partial charge in [-0.2, -0.15) is 0 Å². The second-order valence-electron chi connectivity index (χ2n) is 8.23. The Balaban J connectivity index is 2.29. The lowest BCUT2D eigenvalue weighted by Gasteiger charge is -2.30. The van der Waals surface area contributed by atoms with Crippen molar-refractivity contribution < 1.29 is 9.00 Å². The topological polar surface area (TPSA) is 46.2 Å². The van der Waals surface area contributed by atoms with Crippen LogP contribution in [0.25, 0.3) is 6.08 Å². The van der Waals surface area contributed by atoms with E-state index in [0.29, 0.717) is 24.0 Å². The molecule has 0 radical (unpaired) electrons. The molecular formula is C21H31NO2S. The molecule has 0 bridgehead atoms. The molecule has 1 saturated carbocycles. The van der Waals surface area contributed by atoms with E-state index in [1.54, 1.807) is 0 Å². The minimum atomic E-state index is -1.22. The summed E-state index contributed by atoms with van der Waals surface area (Å²) in [5.74, 6) is 0.961. The van der Waals surface area contributed by atoms with Crippen LogP contribution < -0.4 is 4.72 Å². The summed E-state index contributed by atoms with van der Waals surface area (Å²) in [6.45, 7) is 10.2. The summed E-state index contributed by atoms with van der Waals surface area (Å²) < 4.78 is 15.6. The maximum absolute atomic E-state index is 12.7. The Morgan fingerprint density at radius 3 is 2.40 bits per heavy atom. The predicted octanol–water partition coefficient (Wildman–Crippen LogP) is 4.37. The van der Waals surface area contributed by atoms with Gasteiger partial charge in [-0.3, -0.25) is 4.79 Å². The summed E-state index contributed by atoms with van der Waals surface area (Å²) in [5, 5.41) is 0. The van der Waals surface area contributed by atoms with E-state index in [1.165, 1.54) is 0 Å². The average Bonchev–Trinajstić information content (AvgIpc) is 2.93. The largest absolute Gasteiger partial charge is 0.299 e. The third kappa shape index (κ3) is 5.35. The zero-order chi connectivity index (χ0) is 18.6. The number of hydrogen-bond acceptors (Lipinski definition) is 2. The van der Waals surface area contributed by atoms with Crippen LogP contribution >= 0.6 is 0 Å². The van der Waals surface area contributed by atoms with Crippen molar-refractivity contribution in [3.05, 3.63) is 42.0 Å². The van der Waals surface area contributed by atoms with Gasteiger partial charge in [-0.1, -0.05) is 56.3 Å². The number of rotatable bonds is 6. The van der Waals surface area contributed by atoms with Gasteiger partial charge in [0, 0.05) is 18.4 Å². The van der Waals surface area contributed by atoms with Gasteiger partial charge < -0.3 is 0 Å². The molecule has 25 heavy (non-hydrogen) atoms. The molecule has 0 saturated heterocycles. The normalized spacial score (nSPS) is 24.2. The first kappa shape index (κ1) is 20.1. The Kier molecular flexibility index (Phi) is 6.75. The van der Waals surface area contributed by atoms with E-state index in [2.05, 4.69) is 18.6 Å². The second-order valence-corrected chi connectivity index (χ2v) is 10.2. The third-order valence-electron chi connectivity index (χ3n) is 4.90. The molecule has 4 heteroatoms. The van der Waals surface area contributed by atoms with Gasteiger partial charge in [0.05, 0.1) is 15.7 Å². The fourth-order valence-electron chi connectivity index (χ4n) is 3.42. The Bertz CT molecular complexity index is 631. The maximum atomic E-state index is 12.7. The van der Waals surface area contributed by atoms with Crippen molar-refractivity contribution in [1.82, 2.24) is 4.72 Å². The number of carbonyl (C=O) groups excluding carboxylic acids is 1. The first-order valence-electron chi connectivity index (χ1n) is 9.14. The molecule has 1 aliphatic rings. The van der Waals surface area contributed by atoms with E-state index in [-0.39, 0.29) is 16.7 Å². The summed E-state index contributed by atoms with van der Waals surface area (Å²) in [6, 6.07) is 9.83. The lowest BCUT2D eigenvalue weighted by atomic mass is 9.81. The van der Waals surface area contributed by atoms with Crippen LogP contribution in [0.1, 0.15) is 53.0 Å². The third-order valence-corrected chi connectivity index (χ3v) is 6.49. The van der Waals surface area contributed by atoms with E-state index < -0.39 is 11.0 Å². The molecule has 0 heterocycles. The molecule has 1 aromatic carbocycles. The molecule has 2 rings (SSSR count). The van der Waals surface area contributed by atoms with Gasteiger partial charge in [0.15, 0.2) is 0 Å². The molecule has 0 aromatic heterocycles. The van der Waals surface area contributed by atoms with Crippen molar-refractivity contribution in [2.24, 2.45) is 17.8 Å². The molecule has 1 aliphatic carbocycles. The summed E-state index contributed by atoms with van der Waals surface area (Å²) >= 11 is 0.